The van der Waals surface area contributed by atoms with Crippen LogP contribution in [0.3, 0.4) is 0 Å². The van der Waals surface area contributed by atoms with Crippen molar-refractivity contribution in [2.75, 3.05) is 0 Å². The number of nitrogens with zero attached hydrogens (tertiary/aromatic N) is 2. The molecule has 4 heteroatoms. The van der Waals surface area contributed by atoms with E-state index in [2.05, 4.69) is 9.97 Å². The molecule has 0 unspecified atom stereocenters. The van der Waals surface area contributed by atoms with Crippen LogP contribution in [0.5, 0.6) is 5.75 Å². The fraction of sp³-hybridized carbons (Fsp3) is 0.167. The van der Waals surface area contributed by atoms with Crippen molar-refractivity contribution in [2.24, 2.45) is 0 Å². The minimum Gasteiger partial charge on any atom is -0.484 e. The van der Waals surface area contributed by atoms with Crippen LogP contribution in [0.25, 0.3) is 0 Å². The van der Waals surface area contributed by atoms with Crippen molar-refractivity contribution in [3.8, 4) is 5.75 Å². The van der Waals surface area contributed by atoms with Gasteiger partial charge in [-0.25, -0.2) is 4.98 Å². The first kappa shape index (κ1) is 10.9. The summed E-state index contributed by atoms with van der Waals surface area (Å²) in [5.74, 6) is 0.578. The van der Waals surface area contributed by atoms with Gasteiger partial charge in [0.15, 0.2) is 10.9 Å². The summed E-state index contributed by atoms with van der Waals surface area (Å²) in [6.45, 7) is 2.40. The molecule has 2 rings (SSSR count). The molecule has 0 spiro atoms. The Morgan fingerprint density at radius 3 is 2.69 bits per heavy atom. The Hall–Kier alpha value is -1.61. The van der Waals surface area contributed by atoms with Gasteiger partial charge in [-0.3, -0.25) is 4.98 Å². The lowest BCUT2D eigenvalue weighted by molar-refractivity contribution is 0.299. The third-order valence-corrected chi connectivity index (χ3v) is 2.49. The second-order valence-corrected chi connectivity index (χ2v) is 3.71. The van der Waals surface area contributed by atoms with Crippen molar-refractivity contribution in [1.82, 2.24) is 9.97 Å². The number of ether oxygens (including phenoxy) is 1. The molecule has 0 bridgehead atoms. The zero-order valence-electron chi connectivity index (χ0n) is 8.85. The summed E-state index contributed by atoms with van der Waals surface area (Å²) in [5, 5.41) is 0.371. The maximum Gasteiger partial charge on any atom is 0.171 e. The quantitative estimate of drug-likeness (QED) is 0.766. The molecule has 0 fully saturated rings. The molecule has 16 heavy (non-hydrogen) atoms. The Kier molecular flexibility index (Phi) is 3.37. The van der Waals surface area contributed by atoms with Gasteiger partial charge in [0.2, 0.25) is 0 Å². The number of halogens is 1. The lowest BCUT2D eigenvalue weighted by Gasteiger charge is -2.08. The van der Waals surface area contributed by atoms with Gasteiger partial charge in [0.05, 0.1) is 5.69 Å². The van der Waals surface area contributed by atoms with Gasteiger partial charge in [0.25, 0.3) is 0 Å². The molecule has 0 aliphatic rings. The number of hydrogen-bond acceptors (Lipinski definition) is 3. The van der Waals surface area contributed by atoms with Gasteiger partial charge in [-0.2, -0.15) is 0 Å². The highest BCUT2D eigenvalue weighted by atomic mass is 35.5. The zero-order valence-corrected chi connectivity index (χ0v) is 9.61. The van der Waals surface area contributed by atoms with Crippen LogP contribution in [0, 0.1) is 6.92 Å². The van der Waals surface area contributed by atoms with Crippen molar-refractivity contribution in [3.63, 3.8) is 0 Å². The van der Waals surface area contributed by atoms with Crippen LogP contribution in [0.4, 0.5) is 0 Å². The monoisotopic (exact) mass is 234 g/mol. The summed E-state index contributed by atoms with van der Waals surface area (Å²) in [4.78, 5) is 8.17. The Morgan fingerprint density at radius 2 is 1.94 bits per heavy atom. The Morgan fingerprint density at radius 1 is 1.19 bits per heavy atom. The first-order chi connectivity index (χ1) is 7.77. The summed E-state index contributed by atoms with van der Waals surface area (Å²) in [6.07, 6.45) is 3.37. The molecular formula is C12H11ClN2O. The van der Waals surface area contributed by atoms with Gasteiger partial charge >= 0.3 is 0 Å². The molecule has 0 atom stereocenters. The molecule has 3 nitrogen and oxygen atoms in total. The smallest absolute Gasteiger partial charge is 0.171 e. The molecular weight excluding hydrogens is 224 g/mol. The highest BCUT2D eigenvalue weighted by molar-refractivity contribution is 6.30. The van der Waals surface area contributed by atoms with E-state index in [1.54, 1.807) is 24.5 Å². The number of aryl methyl sites for hydroxylation is 1. The van der Waals surface area contributed by atoms with E-state index in [0.29, 0.717) is 17.5 Å². The first-order valence-corrected chi connectivity index (χ1v) is 5.29. The minimum atomic E-state index is 0.371. The lowest BCUT2D eigenvalue weighted by Crippen LogP contribution is -2.01. The lowest BCUT2D eigenvalue weighted by atomic mass is 10.2. The predicted octanol–water partition coefficient (Wildman–Crippen LogP) is 3.02. The van der Waals surface area contributed by atoms with E-state index in [1.165, 1.54) is 0 Å². The van der Waals surface area contributed by atoms with Crippen molar-refractivity contribution in [2.45, 2.75) is 13.5 Å². The molecule has 2 heterocycles. The molecule has 0 saturated carbocycles. The van der Waals surface area contributed by atoms with Crippen LogP contribution in [-0.4, -0.2) is 9.97 Å². The molecule has 0 radical (unpaired) electrons. The second-order valence-electron chi connectivity index (χ2n) is 3.35. The Bertz CT molecular complexity index is 442. The summed E-state index contributed by atoms with van der Waals surface area (Å²) >= 11 is 5.87. The van der Waals surface area contributed by atoms with Gasteiger partial charge in [0, 0.05) is 12.4 Å². The van der Waals surface area contributed by atoms with E-state index in [4.69, 9.17) is 16.3 Å². The summed E-state index contributed by atoms with van der Waals surface area (Å²) in [5.41, 5.74) is 2.00. The van der Waals surface area contributed by atoms with Gasteiger partial charge in [0.1, 0.15) is 6.61 Å². The van der Waals surface area contributed by atoms with E-state index in [-0.39, 0.29) is 0 Å². The number of rotatable bonds is 3. The van der Waals surface area contributed by atoms with Crippen molar-refractivity contribution < 1.29 is 4.74 Å². The van der Waals surface area contributed by atoms with Crippen LogP contribution in [0.15, 0.2) is 36.7 Å². The number of pyridine rings is 2. The van der Waals surface area contributed by atoms with E-state index in [0.717, 1.165) is 11.3 Å². The molecule has 0 N–H and O–H groups in total. The molecule has 2 aromatic heterocycles. The average Bonchev–Trinajstić information content (AvgIpc) is 2.30. The highest BCUT2D eigenvalue weighted by Gasteiger charge is 2.03. The standard InChI is InChI=1S/C12H11ClN2O/c1-9-4-2-6-14-10(9)8-16-11-5-3-7-15-12(11)13/h2-7H,8H2,1H3. The van der Waals surface area contributed by atoms with Gasteiger partial charge < -0.3 is 4.74 Å². The SMILES string of the molecule is Cc1cccnc1COc1cccnc1Cl. The van der Waals surface area contributed by atoms with E-state index in [1.807, 2.05) is 19.1 Å². The average molecular weight is 235 g/mol. The molecule has 82 valence electrons. The molecule has 0 aliphatic carbocycles. The van der Waals surface area contributed by atoms with E-state index in [9.17, 15) is 0 Å². The maximum absolute atomic E-state index is 5.87. The molecule has 0 amide bonds. The highest BCUT2D eigenvalue weighted by Crippen LogP contribution is 2.21. The fourth-order valence-corrected chi connectivity index (χ4v) is 1.47. The third-order valence-electron chi connectivity index (χ3n) is 2.21. The summed E-state index contributed by atoms with van der Waals surface area (Å²) < 4.78 is 5.55. The molecule has 0 aromatic carbocycles. The molecule has 0 aliphatic heterocycles. The van der Waals surface area contributed by atoms with Crippen LogP contribution in [-0.2, 0) is 6.61 Å². The minimum absolute atomic E-state index is 0.371. The molecule has 0 saturated heterocycles. The second kappa shape index (κ2) is 4.94. The van der Waals surface area contributed by atoms with Crippen LogP contribution in [0.2, 0.25) is 5.15 Å². The van der Waals surface area contributed by atoms with E-state index < -0.39 is 0 Å². The first-order valence-electron chi connectivity index (χ1n) is 4.91. The van der Waals surface area contributed by atoms with Crippen LogP contribution >= 0.6 is 11.6 Å². The van der Waals surface area contributed by atoms with Crippen LogP contribution < -0.4 is 4.74 Å². The summed E-state index contributed by atoms with van der Waals surface area (Å²) in [6, 6.07) is 7.46. The van der Waals surface area contributed by atoms with Crippen LogP contribution in [0.1, 0.15) is 11.3 Å². The fourth-order valence-electron chi connectivity index (χ4n) is 1.29. The normalized spacial score (nSPS) is 10.1. The summed E-state index contributed by atoms with van der Waals surface area (Å²) in [7, 11) is 0. The van der Waals surface area contributed by atoms with E-state index >= 15 is 0 Å². The van der Waals surface area contributed by atoms with Crippen molar-refractivity contribution in [3.05, 3.63) is 53.1 Å². The Labute approximate surface area is 99.1 Å². The molecule has 2 aromatic rings. The van der Waals surface area contributed by atoms with Gasteiger partial charge in [-0.15, -0.1) is 0 Å². The van der Waals surface area contributed by atoms with Gasteiger partial charge in [-0.1, -0.05) is 17.7 Å². The van der Waals surface area contributed by atoms with Crippen molar-refractivity contribution >= 4 is 11.6 Å². The van der Waals surface area contributed by atoms with Gasteiger partial charge in [-0.05, 0) is 30.7 Å². The number of hydrogen-bond donors (Lipinski definition) is 0. The largest absolute Gasteiger partial charge is 0.484 e. The Balaban J connectivity index is 2.09. The number of aromatic nitrogens is 2. The maximum atomic E-state index is 5.87. The predicted molar refractivity (Wildman–Crippen MR) is 62.6 cm³/mol. The zero-order chi connectivity index (χ0) is 11.4. The topological polar surface area (TPSA) is 35.0 Å². The third kappa shape index (κ3) is 2.49. The van der Waals surface area contributed by atoms with Crippen molar-refractivity contribution in [1.29, 1.82) is 0 Å².